The zero-order chi connectivity index (χ0) is 13.0. The Morgan fingerprint density at radius 2 is 2.11 bits per heavy atom. The Hall–Kier alpha value is -0.580. The van der Waals surface area contributed by atoms with Crippen molar-refractivity contribution in [1.29, 1.82) is 0 Å². The first-order chi connectivity index (χ1) is 8.72. The highest BCUT2D eigenvalue weighted by molar-refractivity contribution is 7.17. The van der Waals surface area contributed by atoms with Crippen LogP contribution in [0.1, 0.15) is 41.8 Å². The predicted octanol–water partition coefficient (Wildman–Crippen LogP) is 3.17. The largest absolute Gasteiger partial charge is 0.395 e. The maximum atomic E-state index is 12.4. The number of hydrogen-bond donors (Lipinski definition) is 1. The van der Waals surface area contributed by atoms with Crippen LogP contribution in [0.3, 0.4) is 0 Å². The van der Waals surface area contributed by atoms with Crippen LogP contribution in [-0.2, 0) is 0 Å². The second kappa shape index (κ2) is 6.55. The van der Waals surface area contributed by atoms with Gasteiger partial charge in [-0.3, -0.25) is 4.79 Å². The van der Waals surface area contributed by atoms with Gasteiger partial charge >= 0.3 is 0 Å². The van der Waals surface area contributed by atoms with Gasteiger partial charge in [0.05, 0.1) is 15.8 Å². The van der Waals surface area contributed by atoms with Crippen molar-refractivity contribution in [3.8, 4) is 0 Å². The summed E-state index contributed by atoms with van der Waals surface area (Å²) in [6, 6.07) is 3.79. The standard InChI is InChI=1S/C13H18ClNO2S/c14-12-7-6-11(18-12)13(17)15(8-9-16)10-4-2-1-3-5-10/h6-7,10,16H,1-5,8-9H2. The fourth-order valence-corrected chi connectivity index (χ4v) is 3.52. The number of amides is 1. The third kappa shape index (κ3) is 3.25. The maximum Gasteiger partial charge on any atom is 0.264 e. The van der Waals surface area contributed by atoms with Crippen LogP contribution in [0.25, 0.3) is 0 Å². The van der Waals surface area contributed by atoms with Crippen molar-refractivity contribution in [2.45, 2.75) is 38.1 Å². The molecule has 3 nitrogen and oxygen atoms in total. The molecule has 0 radical (unpaired) electrons. The SMILES string of the molecule is O=C(c1ccc(Cl)s1)N(CCO)C1CCCCC1. The van der Waals surface area contributed by atoms with Crippen molar-refractivity contribution in [2.75, 3.05) is 13.2 Å². The molecule has 0 saturated heterocycles. The van der Waals surface area contributed by atoms with Gasteiger partial charge in [0.25, 0.3) is 5.91 Å². The van der Waals surface area contributed by atoms with Gasteiger partial charge in [-0.1, -0.05) is 30.9 Å². The molecule has 0 unspecified atom stereocenters. The Bertz CT molecular complexity index is 401. The maximum absolute atomic E-state index is 12.4. The number of carbonyl (C=O) groups is 1. The summed E-state index contributed by atoms with van der Waals surface area (Å²) in [5.74, 6) is 0.00727. The van der Waals surface area contributed by atoms with Crippen molar-refractivity contribution >= 4 is 28.8 Å². The summed E-state index contributed by atoms with van der Waals surface area (Å²) in [6.45, 7) is 0.431. The van der Waals surface area contributed by atoms with E-state index in [1.54, 1.807) is 12.1 Å². The Balaban J connectivity index is 2.10. The zero-order valence-electron chi connectivity index (χ0n) is 10.3. The van der Waals surface area contributed by atoms with Gasteiger partial charge in [0.15, 0.2) is 0 Å². The summed E-state index contributed by atoms with van der Waals surface area (Å²) in [6.07, 6.45) is 5.69. The monoisotopic (exact) mass is 287 g/mol. The summed E-state index contributed by atoms with van der Waals surface area (Å²) in [5, 5.41) is 9.15. The van der Waals surface area contributed by atoms with Crippen molar-refractivity contribution in [1.82, 2.24) is 4.90 Å². The summed E-state index contributed by atoms with van der Waals surface area (Å²) >= 11 is 7.18. The molecule has 1 N–H and O–H groups in total. The second-order valence-electron chi connectivity index (χ2n) is 4.62. The number of carbonyl (C=O) groups excluding carboxylic acids is 1. The lowest BCUT2D eigenvalue weighted by atomic mass is 9.94. The van der Waals surface area contributed by atoms with E-state index in [2.05, 4.69) is 0 Å². The van der Waals surface area contributed by atoms with E-state index in [9.17, 15) is 4.79 Å². The van der Waals surface area contributed by atoms with Crippen LogP contribution in [0, 0.1) is 0 Å². The van der Waals surface area contributed by atoms with Gasteiger partial charge in [0.1, 0.15) is 0 Å². The molecule has 1 amide bonds. The number of thiophene rings is 1. The van der Waals surface area contributed by atoms with Crippen LogP contribution in [0.2, 0.25) is 4.34 Å². The van der Waals surface area contributed by atoms with Crippen LogP contribution in [0.4, 0.5) is 0 Å². The van der Waals surface area contributed by atoms with Crippen LogP contribution in [-0.4, -0.2) is 35.1 Å². The van der Waals surface area contributed by atoms with E-state index in [4.69, 9.17) is 16.7 Å². The van der Waals surface area contributed by atoms with E-state index in [0.717, 1.165) is 12.8 Å². The highest BCUT2D eigenvalue weighted by Gasteiger charge is 2.26. The molecule has 1 fully saturated rings. The van der Waals surface area contributed by atoms with Gasteiger partial charge in [0, 0.05) is 12.6 Å². The molecule has 1 aromatic heterocycles. The number of aliphatic hydroxyl groups excluding tert-OH is 1. The van der Waals surface area contributed by atoms with E-state index in [0.29, 0.717) is 15.8 Å². The fourth-order valence-electron chi connectivity index (χ4n) is 2.52. The van der Waals surface area contributed by atoms with Gasteiger partial charge in [-0.2, -0.15) is 0 Å². The van der Waals surface area contributed by atoms with Crippen molar-refractivity contribution in [3.05, 3.63) is 21.3 Å². The van der Waals surface area contributed by atoms with E-state index >= 15 is 0 Å². The van der Waals surface area contributed by atoms with Gasteiger partial charge < -0.3 is 10.0 Å². The number of aliphatic hydroxyl groups is 1. The van der Waals surface area contributed by atoms with Crippen LogP contribution in [0.15, 0.2) is 12.1 Å². The van der Waals surface area contributed by atoms with Crippen molar-refractivity contribution in [3.63, 3.8) is 0 Å². The molecule has 1 heterocycles. The first-order valence-electron chi connectivity index (χ1n) is 6.39. The van der Waals surface area contributed by atoms with Crippen LogP contribution in [0.5, 0.6) is 0 Å². The molecule has 1 aliphatic carbocycles. The van der Waals surface area contributed by atoms with E-state index < -0.39 is 0 Å². The zero-order valence-corrected chi connectivity index (χ0v) is 11.8. The topological polar surface area (TPSA) is 40.5 Å². The predicted molar refractivity (Wildman–Crippen MR) is 74.3 cm³/mol. The highest BCUT2D eigenvalue weighted by atomic mass is 35.5. The third-order valence-corrected chi connectivity index (χ3v) is 4.62. The fraction of sp³-hybridized carbons (Fsp3) is 0.615. The Morgan fingerprint density at radius 1 is 1.39 bits per heavy atom. The molecular weight excluding hydrogens is 270 g/mol. The molecule has 1 aliphatic rings. The molecule has 0 aliphatic heterocycles. The molecule has 1 saturated carbocycles. The summed E-state index contributed by atoms with van der Waals surface area (Å²) < 4.78 is 0.631. The molecular formula is C13H18ClNO2S. The summed E-state index contributed by atoms with van der Waals surface area (Å²) in [4.78, 5) is 14.9. The minimum Gasteiger partial charge on any atom is -0.395 e. The van der Waals surface area contributed by atoms with Gasteiger partial charge in [-0.15, -0.1) is 11.3 Å². The van der Waals surface area contributed by atoms with Crippen LogP contribution >= 0.6 is 22.9 Å². The third-order valence-electron chi connectivity index (χ3n) is 3.40. The Morgan fingerprint density at radius 3 is 2.67 bits per heavy atom. The van der Waals surface area contributed by atoms with E-state index in [1.165, 1.54) is 30.6 Å². The summed E-state index contributed by atoms with van der Waals surface area (Å²) in [7, 11) is 0. The smallest absolute Gasteiger partial charge is 0.264 e. The van der Waals surface area contributed by atoms with Crippen LogP contribution < -0.4 is 0 Å². The van der Waals surface area contributed by atoms with Gasteiger partial charge in [-0.25, -0.2) is 0 Å². The number of rotatable bonds is 4. The molecule has 0 bridgehead atoms. The van der Waals surface area contributed by atoms with Gasteiger partial charge in [-0.05, 0) is 25.0 Å². The highest BCUT2D eigenvalue weighted by Crippen LogP contribution is 2.27. The Kier molecular flexibility index (Phi) is 5.03. The Labute approximate surface area is 116 Å². The molecule has 5 heteroatoms. The number of nitrogens with zero attached hydrogens (tertiary/aromatic N) is 1. The second-order valence-corrected chi connectivity index (χ2v) is 6.33. The average molecular weight is 288 g/mol. The van der Waals surface area contributed by atoms with Crippen molar-refractivity contribution in [2.24, 2.45) is 0 Å². The minimum absolute atomic E-state index is 0.00727. The molecule has 2 rings (SSSR count). The van der Waals surface area contributed by atoms with E-state index in [-0.39, 0.29) is 18.6 Å². The molecule has 0 spiro atoms. The van der Waals surface area contributed by atoms with Gasteiger partial charge in [0.2, 0.25) is 0 Å². The lowest BCUT2D eigenvalue weighted by Gasteiger charge is -2.33. The average Bonchev–Trinajstić information content (AvgIpc) is 2.83. The minimum atomic E-state index is 0.00727. The quantitative estimate of drug-likeness (QED) is 0.924. The first-order valence-corrected chi connectivity index (χ1v) is 7.59. The molecule has 0 atom stereocenters. The molecule has 18 heavy (non-hydrogen) atoms. The first kappa shape index (κ1) is 13.8. The number of hydrogen-bond acceptors (Lipinski definition) is 3. The van der Waals surface area contributed by atoms with E-state index in [1.807, 2.05) is 4.90 Å². The molecule has 1 aromatic rings. The number of halogens is 1. The van der Waals surface area contributed by atoms with Crippen molar-refractivity contribution < 1.29 is 9.90 Å². The molecule has 0 aromatic carbocycles. The normalized spacial score (nSPS) is 16.8. The lowest BCUT2D eigenvalue weighted by molar-refractivity contribution is 0.0590. The lowest BCUT2D eigenvalue weighted by Crippen LogP contribution is -2.42. The molecule has 100 valence electrons. The summed E-state index contributed by atoms with van der Waals surface area (Å²) in [5.41, 5.74) is 0.